The molecule has 0 spiro atoms. The van der Waals surface area contributed by atoms with Crippen molar-refractivity contribution < 1.29 is 32.5 Å². The fourth-order valence-electron chi connectivity index (χ4n) is 5.14. The Morgan fingerprint density at radius 1 is 0.896 bits per heavy atom. The quantitative estimate of drug-likeness (QED) is 0.132. The molecule has 4 aromatic rings. The average Bonchev–Trinajstić information content (AvgIpc) is 3.06. The van der Waals surface area contributed by atoms with Crippen LogP contribution in [0.2, 0.25) is 5.02 Å². The zero-order chi connectivity index (χ0) is 34.0. The van der Waals surface area contributed by atoms with Gasteiger partial charge in [0.25, 0.3) is 0 Å². The molecule has 11 heteroatoms. The van der Waals surface area contributed by atoms with E-state index in [0.29, 0.717) is 35.5 Å². The first-order valence-electron chi connectivity index (χ1n) is 15.7. The minimum Gasteiger partial charge on any atom is -0.491 e. The third kappa shape index (κ3) is 10.2. The molecule has 0 radical (unpaired) electrons. The molecule has 1 aromatic heterocycles. The zero-order valence-corrected chi connectivity index (χ0v) is 27.8. The molecule has 1 fully saturated rings. The predicted octanol–water partition coefficient (Wildman–Crippen LogP) is 8.16. The van der Waals surface area contributed by atoms with E-state index in [1.165, 1.54) is 23.9 Å². The van der Waals surface area contributed by atoms with Gasteiger partial charge in [-0.25, -0.2) is 4.98 Å². The zero-order valence-electron chi connectivity index (χ0n) is 27.1. The first-order chi connectivity index (χ1) is 23.1. The second-order valence-corrected chi connectivity index (χ2v) is 12.0. The Kier molecular flexibility index (Phi) is 11.9. The molecule has 0 saturated carbocycles. The molecule has 48 heavy (non-hydrogen) atoms. The maximum absolute atomic E-state index is 12.9. The second kappa shape index (κ2) is 16.4. The van der Waals surface area contributed by atoms with Gasteiger partial charge in [-0.05, 0) is 91.6 Å². The number of hydrogen-bond acceptors (Lipinski definition) is 7. The number of nitrogens with zero attached hydrogens (tertiary/aromatic N) is 3. The summed E-state index contributed by atoms with van der Waals surface area (Å²) in [6.07, 6.45) is 5.02. The maximum atomic E-state index is 12.9. The number of rotatable bonds is 13. The maximum Gasteiger partial charge on any atom is 0.387 e. The van der Waals surface area contributed by atoms with Crippen LogP contribution in [0.1, 0.15) is 36.1 Å². The number of pyridine rings is 1. The van der Waals surface area contributed by atoms with Crippen molar-refractivity contribution >= 4 is 23.6 Å². The second-order valence-electron chi connectivity index (χ2n) is 11.6. The molecule has 0 N–H and O–H groups in total. The molecule has 1 saturated heterocycles. The van der Waals surface area contributed by atoms with Gasteiger partial charge in [-0.1, -0.05) is 35.9 Å². The third-order valence-electron chi connectivity index (χ3n) is 7.53. The van der Waals surface area contributed by atoms with E-state index < -0.39 is 6.61 Å². The minimum absolute atomic E-state index is 0.0387. The molecule has 2 heterocycles. The van der Waals surface area contributed by atoms with Gasteiger partial charge in [0, 0.05) is 44.9 Å². The number of halogens is 3. The minimum atomic E-state index is -2.87. The van der Waals surface area contributed by atoms with E-state index in [4.69, 9.17) is 25.8 Å². The average molecular weight is 678 g/mol. The Hall–Kier alpha value is -4.67. The smallest absolute Gasteiger partial charge is 0.387 e. The largest absolute Gasteiger partial charge is 0.491 e. The van der Waals surface area contributed by atoms with E-state index in [-0.39, 0.29) is 24.4 Å². The van der Waals surface area contributed by atoms with Crippen LogP contribution in [0, 0.1) is 6.92 Å². The number of carbonyl (C=O) groups is 1. The summed E-state index contributed by atoms with van der Waals surface area (Å²) in [6.45, 7) is 7.01. The summed E-state index contributed by atoms with van der Waals surface area (Å²) in [5, 5.41) is 0.390. The number of ether oxygens (including phenoxy) is 4. The van der Waals surface area contributed by atoms with Crippen LogP contribution in [0.5, 0.6) is 28.9 Å². The highest BCUT2D eigenvalue weighted by Crippen LogP contribution is 2.34. The molecular weight excluding hydrogens is 640 g/mol. The molecule has 8 nitrogen and oxygen atoms in total. The Morgan fingerprint density at radius 2 is 1.54 bits per heavy atom. The van der Waals surface area contributed by atoms with Crippen molar-refractivity contribution in [3.8, 4) is 28.9 Å². The lowest BCUT2D eigenvalue weighted by Crippen LogP contribution is -2.47. The van der Waals surface area contributed by atoms with Crippen molar-refractivity contribution in [2.24, 2.45) is 0 Å². The van der Waals surface area contributed by atoms with E-state index in [1.807, 2.05) is 43.9 Å². The van der Waals surface area contributed by atoms with E-state index in [2.05, 4.69) is 26.8 Å². The van der Waals surface area contributed by atoms with Crippen LogP contribution in [-0.2, 0) is 17.9 Å². The van der Waals surface area contributed by atoms with Gasteiger partial charge in [0.05, 0.1) is 17.3 Å². The van der Waals surface area contributed by atoms with Gasteiger partial charge in [-0.3, -0.25) is 9.69 Å². The van der Waals surface area contributed by atoms with Crippen LogP contribution in [-0.4, -0.2) is 59.6 Å². The first kappa shape index (κ1) is 34.7. The van der Waals surface area contributed by atoms with Crippen LogP contribution >= 0.6 is 11.6 Å². The summed E-state index contributed by atoms with van der Waals surface area (Å²) in [5.74, 6) is 2.21. The number of alkyl halides is 2. The van der Waals surface area contributed by atoms with E-state index in [9.17, 15) is 13.6 Å². The van der Waals surface area contributed by atoms with E-state index in [0.717, 1.165) is 42.1 Å². The summed E-state index contributed by atoms with van der Waals surface area (Å²) in [6, 6.07) is 21.4. The number of carbonyl (C=O) groups excluding carboxylic acids is 1. The van der Waals surface area contributed by atoms with Crippen molar-refractivity contribution in [1.82, 2.24) is 14.8 Å². The van der Waals surface area contributed by atoms with E-state index in [1.54, 1.807) is 42.5 Å². The Labute approximate surface area is 284 Å². The lowest BCUT2D eigenvalue weighted by molar-refractivity contribution is -0.127. The van der Waals surface area contributed by atoms with Crippen molar-refractivity contribution in [1.29, 1.82) is 0 Å². The van der Waals surface area contributed by atoms with Gasteiger partial charge in [0.15, 0.2) is 5.75 Å². The van der Waals surface area contributed by atoms with Gasteiger partial charge in [0.2, 0.25) is 11.8 Å². The monoisotopic (exact) mass is 677 g/mol. The van der Waals surface area contributed by atoms with E-state index >= 15 is 0 Å². The van der Waals surface area contributed by atoms with Crippen LogP contribution in [0.15, 0.2) is 85.1 Å². The van der Waals surface area contributed by atoms with Gasteiger partial charge < -0.3 is 23.8 Å². The molecule has 5 rings (SSSR count). The molecule has 1 aliphatic rings. The number of aromatic nitrogens is 1. The summed E-state index contributed by atoms with van der Waals surface area (Å²) in [4.78, 5) is 21.5. The number of benzene rings is 3. The van der Waals surface area contributed by atoms with Gasteiger partial charge >= 0.3 is 6.61 Å². The highest BCUT2D eigenvalue weighted by molar-refractivity contribution is 6.32. The topological polar surface area (TPSA) is 73.4 Å². The van der Waals surface area contributed by atoms with Crippen molar-refractivity contribution in [3.63, 3.8) is 0 Å². The predicted molar refractivity (Wildman–Crippen MR) is 181 cm³/mol. The molecule has 1 amide bonds. The highest BCUT2D eigenvalue weighted by atomic mass is 35.5. The van der Waals surface area contributed by atoms with Crippen LogP contribution < -0.4 is 18.9 Å². The number of hydrogen-bond donors (Lipinski definition) is 0. The third-order valence-corrected chi connectivity index (χ3v) is 7.81. The molecule has 0 bridgehead atoms. The fraction of sp³-hybridized carbons (Fsp3) is 0.297. The molecule has 0 atom stereocenters. The normalized spacial score (nSPS) is 13.7. The van der Waals surface area contributed by atoms with Gasteiger partial charge in [-0.2, -0.15) is 8.78 Å². The molecular formula is C37H38ClF2N3O5. The van der Waals surface area contributed by atoms with Crippen LogP contribution in [0.3, 0.4) is 0 Å². The van der Waals surface area contributed by atoms with Crippen molar-refractivity contribution in [2.75, 3.05) is 26.2 Å². The standard InChI is InChI=1S/C37H38ClF2N3O5/c1-25(2)46-30-9-4-27(5-10-30)23-42-16-18-43(19-17-42)35(44)15-8-29-20-26(3)36(33(38)21-29)48-34-14-13-32(22-41-34)45-24-28-6-11-31(12-7-28)47-37(39)40/h4-15,20-22,25,37H,16-19,23-24H2,1-3H3. The fourth-order valence-corrected chi connectivity index (χ4v) is 5.45. The Bertz CT molecular complexity index is 1650. The van der Waals surface area contributed by atoms with Crippen molar-refractivity contribution in [2.45, 2.75) is 46.6 Å². The Balaban J connectivity index is 1.08. The summed E-state index contributed by atoms with van der Waals surface area (Å²) in [7, 11) is 0. The molecule has 1 aliphatic heterocycles. The molecule has 0 aliphatic carbocycles. The van der Waals surface area contributed by atoms with Gasteiger partial charge in [0.1, 0.15) is 23.9 Å². The van der Waals surface area contributed by atoms with Crippen LogP contribution in [0.25, 0.3) is 6.08 Å². The summed E-state index contributed by atoms with van der Waals surface area (Å²) >= 11 is 6.58. The molecule has 3 aromatic carbocycles. The lowest BCUT2D eigenvalue weighted by Gasteiger charge is -2.34. The van der Waals surface area contributed by atoms with Crippen molar-refractivity contribution in [3.05, 3.63) is 112 Å². The molecule has 252 valence electrons. The summed E-state index contributed by atoms with van der Waals surface area (Å²) < 4.78 is 46.4. The lowest BCUT2D eigenvalue weighted by atomic mass is 10.1. The number of amides is 1. The van der Waals surface area contributed by atoms with Crippen LogP contribution in [0.4, 0.5) is 8.78 Å². The highest BCUT2D eigenvalue weighted by Gasteiger charge is 2.20. The molecule has 0 unspecified atom stereocenters. The number of aryl methyl sites for hydroxylation is 1. The summed E-state index contributed by atoms with van der Waals surface area (Å²) in [5.41, 5.74) is 3.57. The number of piperazine rings is 1. The first-order valence-corrected chi connectivity index (χ1v) is 16.0. The SMILES string of the molecule is Cc1cc(C=CC(=O)N2CCN(Cc3ccc(OC(C)C)cc3)CC2)cc(Cl)c1Oc1ccc(OCc2ccc(OC(F)F)cc2)cn1. The van der Waals surface area contributed by atoms with Gasteiger partial charge in [-0.15, -0.1) is 0 Å². The Morgan fingerprint density at radius 3 is 2.15 bits per heavy atom.